The maximum atomic E-state index is 12.2. The number of hydrogen-bond acceptors (Lipinski definition) is 5. The van der Waals surface area contributed by atoms with Crippen molar-refractivity contribution in [1.29, 1.82) is 0 Å². The monoisotopic (exact) mass is 323 g/mol. The van der Waals surface area contributed by atoms with Gasteiger partial charge in [-0.2, -0.15) is 0 Å². The van der Waals surface area contributed by atoms with E-state index in [2.05, 4.69) is 4.98 Å². The fraction of sp³-hybridized carbons (Fsp3) is 0.167. The quantitative estimate of drug-likeness (QED) is 0.590. The molecule has 2 N–H and O–H groups in total. The van der Waals surface area contributed by atoms with Gasteiger partial charge < -0.3 is 10.5 Å². The highest BCUT2D eigenvalue weighted by Gasteiger charge is 2.13. The molecule has 0 atom stereocenters. The van der Waals surface area contributed by atoms with Crippen LogP contribution in [0.4, 0.5) is 5.69 Å². The summed E-state index contributed by atoms with van der Waals surface area (Å²) in [5, 5.41) is 0. The van der Waals surface area contributed by atoms with Gasteiger partial charge in [0.05, 0.1) is 11.3 Å². The molecular weight excluding hydrogens is 306 g/mol. The van der Waals surface area contributed by atoms with E-state index in [-0.39, 0.29) is 12.2 Å². The number of aromatic nitrogens is 2. The number of hydrogen-bond donors (Lipinski definition) is 1. The summed E-state index contributed by atoms with van der Waals surface area (Å²) in [4.78, 5) is 28.7. The Hall–Kier alpha value is -3.15. The Morgan fingerprint density at radius 2 is 1.96 bits per heavy atom. The molecule has 0 spiro atoms. The van der Waals surface area contributed by atoms with Crippen molar-refractivity contribution in [1.82, 2.24) is 9.38 Å². The van der Waals surface area contributed by atoms with Crippen LogP contribution in [0, 0.1) is 13.8 Å². The van der Waals surface area contributed by atoms with Crippen molar-refractivity contribution >= 4 is 17.3 Å². The molecule has 3 rings (SSSR count). The molecule has 6 nitrogen and oxygen atoms in total. The number of rotatable bonds is 3. The molecular formula is C18H17N3O3. The number of fused-ring (bicyclic) bond motifs is 1. The van der Waals surface area contributed by atoms with Gasteiger partial charge in [0.2, 0.25) is 0 Å². The van der Waals surface area contributed by atoms with Crippen LogP contribution in [0.5, 0.6) is 0 Å². The summed E-state index contributed by atoms with van der Waals surface area (Å²) in [5.74, 6) is -0.539. The Balaban J connectivity index is 1.86. The van der Waals surface area contributed by atoms with Gasteiger partial charge >= 0.3 is 5.97 Å². The molecule has 1 aromatic carbocycles. The third kappa shape index (κ3) is 2.86. The largest absolute Gasteiger partial charge is 0.456 e. The average molecular weight is 323 g/mol. The number of carbonyl (C=O) groups excluding carboxylic acids is 1. The number of ether oxygens (including phenoxy) is 1. The van der Waals surface area contributed by atoms with Gasteiger partial charge in [0.25, 0.3) is 5.56 Å². The Labute approximate surface area is 138 Å². The molecule has 2 heterocycles. The maximum absolute atomic E-state index is 12.2. The minimum absolute atomic E-state index is 0.0910. The number of nitrogens with zero attached hydrogens (tertiary/aromatic N) is 2. The van der Waals surface area contributed by atoms with Gasteiger partial charge in [0.15, 0.2) is 0 Å². The second-order valence-corrected chi connectivity index (χ2v) is 5.58. The topological polar surface area (TPSA) is 86.7 Å². The first-order valence-electron chi connectivity index (χ1n) is 7.47. The highest BCUT2D eigenvalue weighted by Crippen LogP contribution is 2.18. The van der Waals surface area contributed by atoms with Crippen LogP contribution >= 0.6 is 0 Å². The van der Waals surface area contributed by atoms with Crippen LogP contribution in [-0.4, -0.2) is 15.4 Å². The van der Waals surface area contributed by atoms with E-state index >= 15 is 0 Å². The highest BCUT2D eigenvalue weighted by molar-refractivity contribution is 5.95. The van der Waals surface area contributed by atoms with E-state index in [9.17, 15) is 9.59 Å². The van der Waals surface area contributed by atoms with Crippen LogP contribution in [0.15, 0.2) is 47.4 Å². The van der Waals surface area contributed by atoms with Crippen LogP contribution in [-0.2, 0) is 11.3 Å². The van der Waals surface area contributed by atoms with E-state index in [1.54, 1.807) is 24.4 Å². The summed E-state index contributed by atoms with van der Waals surface area (Å²) < 4.78 is 6.72. The standard InChI is InChI=1S/C18H17N3O3/c1-11-5-3-7-14(16(11)19)18(23)24-10-13-9-15(22)21-8-4-6-12(2)17(21)20-13/h3-9H,10,19H2,1-2H3. The van der Waals surface area contributed by atoms with Crippen LogP contribution in [0.1, 0.15) is 27.2 Å². The molecule has 0 amide bonds. The molecule has 0 unspecified atom stereocenters. The fourth-order valence-electron chi connectivity index (χ4n) is 2.46. The first-order chi connectivity index (χ1) is 11.5. The molecule has 0 aliphatic heterocycles. The number of para-hydroxylation sites is 1. The van der Waals surface area contributed by atoms with Gasteiger partial charge in [-0.1, -0.05) is 18.2 Å². The summed E-state index contributed by atoms with van der Waals surface area (Å²) in [6, 6.07) is 10.2. The van der Waals surface area contributed by atoms with Crippen molar-refractivity contribution in [2.24, 2.45) is 0 Å². The third-order valence-corrected chi connectivity index (χ3v) is 3.83. The molecule has 2 aromatic heterocycles. The number of carbonyl (C=O) groups is 1. The van der Waals surface area contributed by atoms with E-state index in [4.69, 9.17) is 10.5 Å². The number of aryl methyl sites for hydroxylation is 2. The average Bonchev–Trinajstić information content (AvgIpc) is 2.56. The molecule has 0 saturated heterocycles. The lowest BCUT2D eigenvalue weighted by molar-refractivity contribution is 0.0469. The van der Waals surface area contributed by atoms with Gasteiger partial charge in [0, 0.05) is 18.0 Å². The highest BCUT2D eigenvalue weighted by atomic mass is 16.5. The molecule has 0 aliphatic carbocycles. The Morgan fingerprint density at radius 3 is 2.75 bits per heavy atom. The van der Waals surface area contributed by atoms with E-state index in [0.717, 1.165) is 11.1 Å². The van der Waals surface area contributed by atoms with E-state index in [0.29, 0.717) is 22.6 Å². The summed E-state index contributed by atoms with van der Waals surface area (Å²) in [6.45, 7) is 3.60. The van der Waals surface area contributed by atoms with Gasteiger partial charge in [-0.05, 0) is 37.1 Å². The molecule has 0 radical (unpaired) electrons. The molecule has 0 aliphatic rings. The summed E-state index contributed by atoms with van der Waals surface area (Å²) in [7, 11) is 0. The van der Waals surface area contributed by atoms with Gasteiger partial charge in [-0.15, -0.1) is 0 Å². The van der Waals surface area contributed by atoms with Crippen molar-refractivity contribution in [2.75, 3.05) is 5.73 Å². The van der Waals surface area contributed by atoms with Crippen LogP contribution in [0.2, 0.25) is 0 Å². The minimum Gasteiger partial charge on any atom is -0.456 e. The number of pyridine rings is 1. The molecule has 6 heteroatoms. The number of benzene rings is 1. The van der Waals surface area contributed by atoms with Gasteiger partial charge in [0.1, 0.15) is 12.3 Å². The van der Waals surface area contributed by atoms with Crippen LogP contribution in [0.25, 0.3) is 5.65 Å². The predicted molar refractivity (Wildman–Crippen MR) is 90.9 cm³/mol. The SMILES string of the molecule is Cc1cccc(C(=O)OCc2cc(=O)n3cccc(C)c3n2)c1N. The number of esters is 1. The first-order valence-corrected chi connectivity index (χ1v) is 7.47. The molecule has 0 fully saturated rings. The number of nitrogen functional groups attached to an aromatic ring is 1. The Bertz CT molecular complexity index is 992. The normalized spacial score (nSPS) is 10.8. The molecule has 3 aromatic rings. The zero-order chi connectivity index (χ0) is 17.3. The summed E-state index contributed by atoms with van der Waals surface area (Å²) in [6.07, 6.45) is 1.65. The van der Waals surface area contributed by atoms with Crippen LogP contribution in [0.3, 0.4) is 0 Å². The van der Waals surface area contributed by atoms with Crippen molar-refractivity contribution in [2.45, 2.75) is 20.5 Å². The van der Waals surface area contributed by atoms with Crippen molar-refractivity contribution in [3.05, 3.63) is 75.3 Å². The predicted octanol–water partition coefficient (Wildman–Crippen LogP) is 2.25. The first kappa shape index (κ1) is 15.7. The zero-order valence-electron chi connectivity index (χ0n) is 13.4. The van der Waals surface area contributed by atoms with Gasteiger partial charge in [-0.3, -0.25) is 9.20 Å². The van der Waals surface area contributed by atoms with E-state index in [1.807, 2.05) is 26.0 Å². The Kier molecular flexibility index (Phi) is 4.04. The lowest BCUT2D eigenvalue weighted by atomic mass is 10.1. The van der Waals surface area contributed by atoms with Gasteiger partial charge in [-0.25, -0.2) is 9.78 Å². The number of anilines is 1. The van der Waals surface area contributed by atoms with E-state index in [1.165, 1.54) is 10.5 Å². The van der Waals surface area contributed by atoms with Crippen molar-refractivity contribution in [3.63, 3.8) is 0 Å². The third-order valence-electron chi connectivity index (χ3n) is 3.83. The molecule has 24 heavy (non-hydrogen) atoms. The maximum Gasteiger partial charge on any atom is 0.340 e. The Morgan fingerprint density at radius 1 is 1.21 bits per heavy atom. The fourth-order valence-corrected chi connectivity index (χ4v) is 2.46. The lowest BCUT2D eigenvalue weighted by Crippen LogP contribution is -2.17. The lowest BCUT2D eigenvalue weighted by Gasteiger charge is -2.09. The van der Waals surface area contributed by atoms with E-state index < -0.39 is 5.97 Å². The van der Waals surface area contributed by atoms with Crippen molar-refractivity contribution < 1.29 is 9.53 Å². The smallest absolute Gasteiger partial charge is 0.340 e. The summed E-state index contributed by atoms with van der Waals surface area (Å²) in [5.41, 5.74) is 9.00. The minimum atomic E-state index is -0.539. The molecule has 0 bridgehead atoms. The molecule has 122 valence electrons. The second kappa shape index (κ2) is 6.16. The summed E-state index contributed by atoms with van der Waals surface area (Å²) >= 11 is 0. The second-order valence-electron chi connectivity index (χ2n) is 5.58. The molecule has 0 saturated carbocycles. The van der Waals surface area contributed by atoms with Crippen molar-refractivity contribution in [3.8, 4) is 0 Å². The zero-order valence-corrected chi connectivity index (χ0v) is 13.4. The van der Waals surface area contributed by atoms with Crippen LogP contribution < -0.4 is 11.3 Å². The number of nitrogens with two attached hydrogens (primary N) is 1.